The van der Waals surface area contributed by atoms with E-state index in [1.165, 1.54) is 0 Å². The Kier molecular flexibility index (Phi) is 3.55. The van der Waals surface area contributed by atoms with E-state index in [2.05, 4.69) is 9.97 Å². The van der Waals surface area contributed by atoms with E-state index in [9.17, 15) is 9.90 Å². The minimum absolute atomic E-state index is 0.293. The van der Waals surface area contributed by atoms with E-state index in [1.54, 1.807) is 22.9 Å². The fraction of sp³-hybridized carbons (Fsp3) is 0.0500. The van der Waals surface area contributed by atoms with Crippen molar-refractivity contribution in [3.8, 4) is 28.8 Å². The predicted molar refractivity (Wildman–Crippen MR) is 98.2 cm³/mol. The van der Waals surface area contributed by atoms with Gasteiger partial charge in [0.05, 0.1) is 11.2 Å². The first-order valence-electron chi connectivity index (χ1n) is 7.99. The molecular weight excluding hydrogens is 328 g/mol. The fourth-order valence-corrected chi connectivity index (χ4v) is 3.00. The summed E-state index contributed by atoms with van der Waals surface area (Å²) in [5.74, 6) is -0.319. The maximum absolute atomic E-state index is 11.8. The molecule has 0 fully saturated rings. The molecule has 0 amide bonds. The average molecular weight is 342 g/mol. The van der Waals surface area contributed by atoms with Gasteiger partial charge in [0, 0.05) is 23.1 Å². The van der Waals surface area contributed by atoms with Gasteiger partial charge in [-0.15, -0.1) is 0 Å². The van der Waals surface area contributed by atoms with Gasteiger partial charge in [-0.05, 0) is 37.3 Å². The number of nitrogens with zero attached hydrogens (tertiary/aromatic N) is 3. The van der Waals surface area contributed by atoms with Gasteiger partial charge in [-0.25, -0.2) is 0 Å². The first kappa shape index (κ1) is 15.7. The van der Waals surface area contributed by atoms with Crippen LogP contribution in [-0.4, -0.2) is 19.6 Å². The highest BCUT2D eigenvalue weighted by Crippen LogP contribution is 2.29. The number of benzene rings is 1. The number of nitriles is 1. The van der Waals surface area contributed by atoms with Crippen molar-refractivity contribution in [3.05, 3.63) is 76.3 Å². The van der Waals surface area contributed by atoms with E-state index in [4.69, 9.17) is 5.26 Å². The summed E-state index contributed by atoms with van der Waals surface area (Å²) < 4.78 is 1.73. The monoisotopic (exact) mass is 342 g/mol. The van der Waals surface area contributed by atoms with E-state index in [1.807, 2.05) is 49.4 Å². The number of fused-ring (bicyclic) bond motifs is 1. The fourth-order valence-electron chi connectivity index (χ4n) is 3.00. The summed E-state index contributed by atoms with van der Waals surface area (Å²) >= 11 is 0. The van der Waals surface area contributed by atoms with E-state index in [0.29, 0.717) is 11.0 Å². The van der Waals surface area contributed by atoms with Gasteiger partial charge < -0.3 is 14.7 Å². The Labute approximate surface area is 148 Å². The third kappa shape index (κ3) is 2.43. The van der Waals surface area contributed by atoms with Crippen molar-refractivity contribution in [1.29, 1.82) is 5.26 Å². The molecule has 126 valence electrons. The van der Waals surface area contributed by atoms with Gasteiger partial charge in [0.25, 0.3) is 5.56 Å². The molecule has 0 radical (unpaired) electrons. The molecule has 3 aromatic heterocycles. The second-order valence-corrected chi connectivity index (χ2v) is 5.95. The third-order valence-electron chi connectivity index (χ3n) is 4.26. The molecule has 0 saturated heterocycles. The van der Waals surface area contributed by atoms with Crippen molar-refractivity contribution in [2.45, 2.75) is 6.92 Å². The molecule has 0 aliphatic heterocycles. The van der Waals surface area contributed by atoms with E-state index in [-0.39, 0.29) is 11.3 Å². The Morgan fingerprint density at radius 1 is 1.15 bits per heavy atom. The van der Waals surface area contributed by atoms with Crippen LogP contribution in [-0.2, 0) is 0 Å². The van der Waals surface area contributed by atoms with Crippen LogP contribution < -0.4 is 5.56 Å². The molecule has 3 heterocycles. The Bertz CT molecular complexity index is 1230. The number of nitrogens with one attached hydrogen (secondary N) is 1. The zero-order valence-corrected chi connectivity index (χ0v) is 13.9. The summed E-state index contributed by atoms with van der Waals surface area (Å²) in [6.07, 6.45) is 1.74. The molecule has 6 nitrogen and oxygen atoms in total. The van der Waals surface area contributed by atoms with Crippen LogP contribution in [0.2, 0.25) is 0 Å². The van der Waals surface area contributed by atoms with Crippen LogP contribution in [0.4, 0.5) is 0 Å². The van der Waals surface area contributed by atoms with Gasteiger partial charge >= 0.3 is 0 Å². The molecule has 0 bridgehead atoms. The molecule has 4 rings (SSSR count). The first-order valence-corrected chi connectivity index (χ1v) is 7.99. The summed E-state index contributed by atoms with van der Waals surface area (Å²) in [5.41, 5.74) is 3.56. The van der Waals surface area contributed by atoms with Crippen LogP contribution >= 0.6 is 0 Å². The SMILES string of the molecule is Cc1cccc(-c2ccc(-n3ccc4[nH]c(=O)c(C#N)c(O)c43)cc2)n1. The summed E-state index contributed by atoms with van der Waals surface area (Å²) in [7, 11) is 0. The highest BCUT2D eigenvalue weighted by Gasteiger charge is 2.15. The highest BCUT2D eigenvalue weighted by atomic mass is 16.3. The minimum Gasteiger partial charge on any atom is -0.504 e. The predicted octanol–water partition coefficient (Wildman–Crippen LogP) is 3.27. The standard InChI is InChI=1S/C20H14N4O2/c1-12-3-2-4-16(22-12)13-5-7-14(8-6-13)24-10-9-17-18(24)19(25)15(11-21)20(26)23-17/h2-10H,1H3,(H2,23,25,26). The van der Waals surface area contributed by atoms with Gasteiger partial charge in [-0.2, -0.15) is 5.26 Å². The van der Waals surface area contributed by atoms with Crippen LogP contribution in [0, 0.1) is 18.3 Å². The van der Waals surface area contributed by atoms with Crippen molar-refractivity contribution in [2.24, 2.45) is 0 Å². The van der Waals surface area contributed by atoms with Crippen molar-refractivity contribution in [2.75, 3.05) is 0 Å². The lowest BCUT2D eigenvalue weighted by molar-refractivity contribution is 0.476. The summed E-state index contributed by atoms with van der Waals surface area (Å²) in [6.45, 7) is 1.94. The van der Waals surface area contributed by atoms with Crippen molar-refractivity contribution in [3.63, 3.8) is 0 Å². The minimum atomic E-state index is -0.601. The van der Waals surface area contributed by atoms with Crippen molar-refractivity contribution in [1.82, 2.24) is 14.5 Å². The molecule has 0 unspecified atom stereocenters. The molecule has 0 aliphatic carbocycles. The van der Waals surface area contributed by atoms with Crippen LogP contribution in [0.3, 0.4) is 0 Å². The summed E-state index contributed by atoms with van der Waals surface area (Å²) in [5, 5.41) is 19.4. The van der Waals surface area contributed by atoms with Crippen LogP contribution in [0.15, 0.2) is 59.5 Å². The smallest absolute Gasteiger partial charge is 0.270 e. The van der Waals surface area contributed by atoms with Crippen molar-refractivity contribution < 1.29 is 5.11 Å². The number of hydrogen-bond donors (Lipinski definition) is 2. The average Bonchev–Trinajstić information content (AvgIpc) is 3.06. The molecular formula is C20H14N4O2. The summed E-state index contributed by atoms with van der Waals surface area (Å²) in [6, 6.07) is 17.0. The third-order valence-corrected chi connectivity index (χ3v) is 4.26. The lowest BCUT2D eigenvalue weighted by Crippen LogP contribution is -2.10. The Morgan fingerprint density at radius 2 is 1.92 bits per heavy atom. The normalized spacial score (nSPS) is 10.8. The van der Waals surface area contributed by atoms with Gasteiger partial charge in [-0.1, -0.05) is 18.2 Å². The number of aromatic amines is 1. The van der Waals surface area contributed by atoms with Gasteiger partial charge in [-0.3, -0.25) is 9.78 Å². The maximum atomic E-state index is 11.8. The van der Waals surface area contributed by atoms with E-state index in [0.717, 1.165) is 22.6 Å². The topological polar surface area (TPSA) is 94.7 Å². The second-order valence-electron chi connectivity index (χ2n) is 5.95. The Balaban J connectivity index is 1.84. The quantitative estimate of drug-likeness (QED) is 0.584. The lowest BCUT2D eigenvalue weighted by Gasteiger charge is -2.09. The molecule has 0 aliphatic rings. The highest BCUT2D eigenvalue weighted by molar-refractivity contribution is 5.86. The zero-order chi connectivity index (χ0) is 18.3. The molecule has 2 N–H and O–H groups in total. The lowest BCUT2D eigenvalue weighted by atomic mass is 10.1. The number of aromatic nitrogens is 3. The van der Waals surface area contributed by atoms with Gasteiger partial charge in [0.2, 0.25) is 0 Å². The number of rotatable bonds is 2. The number of H-pyrrole nitrogens is 1. The molecule has 0 saturated carbocycles. The number of hydrogen-bond acceptors (Lipinski definition) is 4. The summed E-state index contributed by atoms with van der Waals surface area (Å²) in [4.78, 5) is 18.9. The molecule has 6 heteroatoms. The second kappa shape index (κ2) is 5.90. The van der Waals surface area contributed by atoms with Gasteiger partial charge in [0.15, 0.2) is 11.3 Å². The van der Waals surface area contributed by atoms with Gasteiger partial charge in [0.1, 0.15) is 11.6 Å². The zero-order valence-electron chi connectivity index (χ0n) is 13.9. The molecule has 0 atom stereocenters. The molecule has 4 aromatic rings. The Hall–Kier alpha value is -3.85. The molecule has 0 spiro atoms. The molecule has 26 heavy (non-hydrogen) atoms. The van der Waals surface area contributed by atoms with Crippen LogP contribution in [0.25, 0.3) is 28.0 Å². The molecule has 1 aromatic carbocycles. The maximum Gasteiger partial charge on any atom is 0.270 e. The number of aryl methyl sites for hydroxylation is 1. The van der Waals surface area contributed by atoms with Crippen LogP contribution in [0.1, 0.15) is 11.3 Å². The van der Waals surface area contributed by atoms with E-state index >= 15 is 0 Å². The van der Waals surface area contributed by atoms with Crippen LogP contribution in [0.5, 0.6) is 5.75 Å². The number of pyridine rings is 2. The first-order chi connectivity index (χ1) is 12.6. The number of aromatic hydroxyl groups is 1. The Morgan fingerprint density at radius 3 is 2.62 bits per heavy atom. The largest absolute Gasteiger partial charge is 0.504 e. The van der Waals surface area contributed by atoms with E-state index < -0.39 is 5.56 Å². The van der Waals surface area contributed by atoms with Crippen molar-refractivity contribution >= 4 is 11.0 Å².